The van der Waals surface area contributed by atoms with Gasteiger partial charge in [-0.25, -0.2) is 0 Å². The molecule has 1 aromatic rings. The Morgan fingerprint density at radius 2 is 1.87 bits per heavy atom. The van der Waals surface area contributed by atoms with Crippen molar-refractivity contribution in [2.45, 2.75) is 90.7 Å². The van der Waals surface area contributed by atoms with Crippen LogP contribution in [0, 0.1) is 34.0 Å². The highest BCUT2D eigenvalue weighted by molar-refractivity contribution is 5.76. The van der Waals surface area contributed by atoms with Crippen LogP contribution in [0.15, 0.2) is 34.2 Å². The fourth-order valence-electron chi connectivity index (χ4n) is 9.20. The molecule has 9 atom stereocenters. The smallest absolute Gasteiger partial charge is 0.310 e. The van der Waals surface area contributed by atoms with Crippen molar-refractivity contribution in [2.75, 3.05) is 7.11 Å². The zero-order valence-electron chi connectivity index (χ0n) is 22.9. The quantitative estimate of drug-likeness (QED) is 0.441. The number of esters is 2. The number of carbonyl (C=O) groups excluding carboxylic acids is 2. The molecule has 208 valence electrons. The minimum absolute atomic E-state index is 0.0193. The van der Waals surface area contributed by atoms with Gasteiger partial charge in [0.2, 0.25) is 0 Å². The molecule has 9 heteroatoms. The van der Waals surface area contributed by atoms with Gasteiger partial charge in [0.1, 0.15) is 6.10 Å². The van der Waals surface area contributed by atoms with Crippen molar-refractivity contribution in [1.82, 2.24) is 0 Å². The summed E-state index contributed by atoms with van der Waals surface area (Å²) in [6, 6.07) is 1.83. The lowest BCUT2D eigenvalue weighted by Gasteiger charge is -2.74. The highest BCUT2D eigenvalue weighted by atomic mass is 16.8. The van der Waals surface area contributed by atoms with Crippen LogP contribution in [-0.4, -0.2) is 47.1 Å². The number of rotatable bonds is 3. The Hall–Kier alpha value is -2.20. The Kier molecular flexibility index (Phi) is 5.44. The second-order valence-corrected chi connectivity index (χ2v) is 12.9. The highest BCUT2D eigenvalue weighted by Gasteiger charge is 2.81. The molecule has 3 heterocycles. The first-order valence-electron chi connectivity index (χ1n) is 13.5. The van der Waals surface area contributed by atoms with E-state index in [-0.39, 0.29) is 24.7 Å². The molecule has 0 spiro atoms. The fraction of sp³-hybridized carbons (Fsp3) is 0.724. The Morgan fingerprint density at radius 3 is 2.53 bits per heavy atom. The largest absolute Gasteiger partial charge is 0.472 e. The maximum atomic E-state index is 13.0. The topological polar surface area (TPSA) is 125 Å². The number of furan rings is 1. The number of carbonyl (C=O) groups is 2. The Labute approximate surface area is 222 Å². The summed E-state index contributed by atoms with van der Waals surface area (Å²) in [7, 11) is 1.34. The molecule has 4 fully saturated rings. The van der Waals surface area contributed by atoms with Gasteiger partial charge in [-0.1, -0.05) is 33.3 Å². The van der Waals surface area contributed by atoms with Gasteiger partial charge in [0.05, 0.1) is 32.0 Å². The van der Waals surface area contributed by atoms with E-state index < -0.39 is 58.0 Å². The molecule has 2 aliphatic heterocycles. The molecule has 2 saturated carbocycles. The normalized spacial score (nSPS) is 47.1. The van der Waals surface area contributed by atoms with E-state index in [0.717, 1.165) is 16.7 Å². The second-order valence-electron chi connectivity index (χ2n) is 12.9. The summed E-state index contributed by atoms with van der Waals surface area (Å²) in [5.41, 5.74) is 0.446. The summed E-state index contributed by atoms with van der Waals surface area (Å²) in [6.07, 6.45) is 3.67. The lowest BCUT2D eigenvalue weighted by atomic mass is 9.37. The van der Waals surface area contributed by atoms with Gasteiger partial charge in [-0.2, -0.15) is 0 Å². The minimum atomic E-state index is -1.79. The van der Waals surface area contributed by atoms with E-state index in [1.807, 2.05) is 26.8 Å². The number of cyclic esters (lactones) is 1. The maximum Gasteiger partial charge on any atom is 0.310 e. The van der Waals surface area contributed by atoms with Crippen LogP contribution in [-0.2, 0) is 28.5 Å². The summed E-state index contributed by atoms with van der Waals surface area (Å²) < 4.78 is 28.7. The monoisotopic (exact) mass is 530 g/mol. The van der Waals surface area contributed by atoms with Crippen molar-refractivity contribution >= 4 is 11.9 Å². The molecule has 4 unspecified atom stereocenters. The average molecular weight is 531 g/mol. The van der Waals surface area contributed by atoms with Gasteiger partial charge in [-0.15, -0.1) is 0 Å². The van der Waals surface area contributed by atoms with E-state index in [1.54, 1.807) is 19.5 Å². The van der Waals surface area contributed by atoms with Crippen molar-refractivity contribution in [3.8, 4) is 0 Å². The lowest BCUT2D eigenvalue weighted by Crippen LogP contribution is -2.82. The molecular weight excluding hydrogens is 492 g/mol. The van der Waals surface area contributed by atoms with Gasteiger partial charge in [-0.3, -0.25) is 9.59 Å². The summed E-state index contributed by atoms with van der Waals surface area (Å²) in [6.45, 7) is 9.59. The van der Waals surface area contributed by atoms with Crippen LogP contribution in [0.25, 0.3) is 0 Å². The molecule has 0 amide bonds. The Bertz CT molecular complexity index is 1200. The standard InChI is InChI=1S/C29H38O9/c1-15-37-28(32)21-11-17-18(27(5,29(21,33)38-15)20(25(28,2)3)13-22(30)34-6)7-9-26(4)19(17)12-23(31)36-24(26)16-8-10-35-14-16/h8,10,14-15,18,20-21,24,32-33H,7,9,11-13H2,1-6H3/t15?,18?,20-,21-,24-,26+,27+,28?,29?/m0/s1. The number of ether oxygens (including phenoxy) is 4. The van der Waals surface area contributed by atoms with Crippen molar-refractivity contribution in [1.29, 1.82) is 0 Å². The first-order valence-corrected chi connectivity index (χ1v) is 13.5. The van der Waals surface area contributed by atoms with Crippen molar-refractivity contribution in [3.05, 3.63) is 35.3 Å². The SMILES string of the molecule is COC(=O)C[C@H]1C(C)(C)C2(O)OC(C)OC3(O)[C@H]2CC2=C4CC(=O)O[C@@H](c5ccoc5)[C@]4(C)CCC2[C@]13C. The molecular formula is C29H38O9. The lowest BCUT2D eigenvalue weighted by molar-refractivity contribution is -0.532. The number of hydrogen-bond donors (Lipinski definition) is 2. The molecule has 2 saturated heterocycles. The third-order valence-electron chi connectivity index (χ3n) is 11.1. The van der Waals surface area contributed by atoms with E-state index in [9.17, 15) is 19.8 Å². The Morgan fingerprint density at radius 1 is 1.16 bits per heavy atom. The Balaban J connectivity index is 1.58. The van der Waals surface area contributed by atoms with Gasteiger partial charge in [-0.05, 0) is 49.7 Å². The average Bonchev–Trinajstić information content (AvgIpc) is 3.37. The second kappa shape index (κ2) is 7.93. The first-order chi connectivity index (χ1) is 17.7. The van der Waals surface area contributed by atoms with E-state index >= 15 is 0 Å². The minimum Gasteiger partial charge on any atom is -0.472 e. The molecule has 2 N–H and O–H groups in total. The highest BCUT2D eigenvalue weighted by Crippen LogP contribution is 2.75. The molecule has 5 aliphatic rings. The number of aliphatic hydroxyl groups is 2. The summed E-state index contributed by atoms with van der Waals surface area (Å²) >= 11 is 0. The third kappa shape index (κ3) is 2.96. The van der Waals surface area contributed by atoms with Crippen molar-refractivity contribution < 1.29 is 43.2 Å². The zero-order valence-corrected chi connectivity index (χ0v) is 22.9. The van der Waals surface area contributed by atoms with Crippen molar-refractivity contribution in [3.63, 3.8) is 0 Å². The summed E-state index contributed by atoms with van der Waals surface area (Å²) in [5, 5.41) is 24.8. The van der Waals surface area contributed by atoms with Crippen LogP contribution in [0.1, 0.15) is 78.4 Å². The number of allylic oxidation sites excluding steroid dienone is 1. The number of hydrogen-bond acceptors (Lipinski definition) is 9. The molecule has 4 bridgehead atoms. The van der Waals surface area contributed by atoms with Crippen LogP contribution in [0.4, 0.5) is 0 Å². The van der Waals surface area contributed by atoms with Crippen LogP contribution in [0.5, 0.6) is 0 Å². The predicted octanol–water partition coefficient (Wildman–Crippen LogP) is 4.00. The predicted molar refractivity (Wildman–Crippen MR) is 132 cm³/mol. The summed E-state index contributed by atoms with van der Waals surface area (Å²) in [5.74, 6) is -5.85. The molecule has 38 heavy (non-hydrogen) atoms. The van der Waals surface area contributed by atoms with E-state index in [4.69, 9.17) is 23.4 Å². The third-order valence-corrected chi connectivity index (χ3v) is 11.1. The van der Waals surface area contributed by atoms with Crippen LogP contribution in [0.3, 0.4) is 0 Å². The van der Waals surface area contributed by atoms with Gasteiger partial charge in [0.25, 0.3) is 0 Å². The van der Waals surface area contributed by atoms with E-state index in [1.165, 1.54) is 7.11 Å². The number of methoxy groups -OCH3 is 1. The molecule has 0 radical (unpaired) electrons. The van der Waals surface area contributed by atoms with Crippen molar-refractivity contribution in [2.24, 2.45) is 34.0 Å². The van der Waals surface area contributed by atoms with E-state index in [2.05, 4.69) is 6.92 Å². The van der Waals surface area contributed by atoms with Crippen LogP contribution < -0.4 is 0 Å². The molecule has 9 nitrogen and oxygen atoms in total. The van der Waals surface area contributed by atoms with Gasteiger partial charge < -0.3 is 33.6 Å². The van der Waals surface area contributed by atoms with E-state index in [0.29, 0.717) is 19.3 Å². The molecule has 6 rings (SSSR count). The van der Waals surface area contributed by atoms with Gasteiger partial charge in [0.15, 0.2) is 17.9 Å². The zero-order chi connectivity index (χ0) is 27.5. The maximum absolute atomic E-state index is 13.0. The van der Waals surface area contributed by atoms with Crippen LogP contribution in [0.2, 0.25) is 0 Å². The van der Waals surface area contributed by atoms with Gasteiger partial charge in [0, 0.05) is 28.2 Å². The summed E-state index contributed by atoms with van der Waals surface area (Å²) in [4.78, 5) is 25.8. The molecule has 0 aromatic carbocycles. The molecule has 1 aromatic heterocycles. The first kappa shape index (κ1) is 26.0. The number of fused-ring (bicyclic) bond motifs is 3. The van der Waals surface area contributed by atoms with Gasteiger partial charge >= 0.3 is 11.9 Å². The van der Waals surface area contributed by atoms with Crippen LogP contribution >= 0.6 is 0 Å². The molecule has 3 aliphatic carbocycles. The fourth-order valence-corrected chi connectivity index (χ4v) is 9.20.